The van der Waals surface area contributed by atoms with Crippen molar-refractivity contribution in [1.29, 1.82) is 0 Å². The molecule has 22 heavy (non-hydrogen) atoms. The van der Waals surface area contributed by atoms with E-state index in [0.29, 0.717) is 24.2 Å². The third kappa shape index (κ3) is 5.51. The Kier molecular flexibility index (Phi) is 8.30. The molecule has 0 bridgehead atoms. The zero-order valence-corrected chi connectivity index (χ0v) is 14.2. The van der Waals surface area contributed by atoms with Gasteiger partial charge in [-0.25, -0.2) is 0 Å². The second-order valence-electron chi connectivity index (χ2n) is 4.88. The monoisotopic (exact) mass is 343 g/mol. The number of nitrogens with one attached hydrogen (secondary N) is 3. The second-order valence-corrected chi connectivity index (χ2v) is 6.03. The lowest BCUT2D eigenvalue weighted by atomic mass is 10.1. The first-order chi connectivity index (χ1) is 10.2. The highest BCUT2D eigenvalue weighted by Crippen LogP contribution is 2.16. The molecule has 1 atom stereocenters. The molecule has 1 unspecified atom stereocenters. The van der Waals surface area contributed by atoms with Crippen LogP contribution in [0.25, 0.3) is 0 Å². The number of rotatable bonds is 5. The van der Waals surface area contributed by atoms with Crippen molar-refractivity contribution in [1.82, 2.24) is 10.6 Å². The summed E-state index contributed by atoms with van der Waals surface area (Å²) in [7, 11) is 0. The smallest absolute Gasteiger partial charge is 0.253 e. The maximum atomic E-state index is 12.1. The van der Waals surface area contributed by atoms with Gasteiger partial charge in [-0.2, -0.15) is 11.8 Å². The van der Waals surface area contributed by atoms with Gasteiger partial charge in [-0.1, -0.05) is 12.1 Å². The van der Waals surface area contributed by atoms with E-state index in [-0.39, 0.29) is 30.3 Å². The molecule has 1 aliphatic rings. The maximum absolute atomic E-state index is 12.1. The summed E-state index contributed by atoms with van der Waals surface area (Å²) in [6, 6.07) is 7.29. The number of carbonyl (C=O) groups is 2. The average Bonchev–Trinajstić information content (AvgIpc) is 2.49. The minimum absolute atomic E-state index is 0. The Bertz CT molecular complexity index is 507. The number of amides is 2. The van der Waals surface area contributed by atoms with Crippen LogP contribution >= 0.6 is 24.2 Å². The highest BCUT2D eigenvalue weighted by atomic mass is 35.5. The number of carbonyl (C=O) groups excluding carboxylic acids is 2. The third-order valence-corrected chi connectivity index (χ3v) is 4.34. The Balaban J connectivity index is 0.00000242. The van der Waals surface area contributed by atoms with Crippen LogP contribution in [0, 0.1) is 0 Å². The molecule has 0 spiro atoms. The van der Waals surface area contributed by atoms with Crippen LogP contribution in [0.2, 0.25) is 0 Å². The van der Waals surface area contributed by atoms with Crippen LogP contribution in [-0.4, -0.2) is 42.5 Å². The molecule has 0 aromatic heterocycles. The minimum atomic E-state index is -0.167. The fourth-order valence-electron chi connectivity index (χ4n) is 2.22. The number of halogens is 1. The first-order valence-corrected chi connectivity index (χ1v) is 8.34. The van der Waals surface area contributed by atoms with Gasteiger partial charge in [0.2, 0.25) is 5.91 Å². The summed E-state index contributed by atoms with van der Waals surface area (Å²) in [5, 5.41) is 8.93. The molecular formula is C15H22ClN3O2S. The van der Waals surface area contributed by atoms with Crippen molar-refractivity contribution in [2.75, 3.05) is 29.9 Å². The Morgan fingerprint density at radius 2 is 2.14 bits per heavy atom. The van der Waals surface area contributed by atoms with Crippen LogP contribution in [0.15, 0.2) is 24.3 Å². The van der Waals surface area contributed by atoms with Crippen molar-refractivity contribution >= 4 is 41.7 Å². The molecule has 2 amide bonds. The summed E-state index contributed by atoms with van der Waals surface area (Å²) >= 11 is 1.86. The third-order valence-electron chi connectivity index (χ3n) is 3.21. The van der Waals surface area contributed by atoms with Crippen molar-refractivity contribution in [3.05, 3.63) is 29.8 Å². The van der Waals surface area contributed by atoms with Gasteiger partial charge in [0.05, 0.1) is 11.3 Å². The molecule has 2 rings (SSSR count). The van der Waals surface area contributed by atoms with E-state index in [0.717, 1.165) is 18.1 Å². The van der Waals surface area contributed by atoms with Gasteiger partial charge in [-0.15, -0.1) is 12.4 Å². The molecule has 1 aromatic carbocycles. The molecule has 0 radical (unpaired) electrons. The van der Waals surface area contributed by atoms with Crippen LogP contribution in [0.1, 0.15) is 23.7 Å². The molecule has 122 valence electrons. The number of hydrogen-bond donors (Lipinski definition) is 3. The minimum Gasteiger partial charge on any atom is -0.352 e. The van der Waals surface area contributed by atoms with Crippen LogP contribution in [-0.2, 0) is 4.79 Å². The molecular weight excluding hydrogens is 322 g/mol. The first-order valence-electron chi connectivity index (χ1n) is 7.19. The van der Waals surface area contributed by atoms with Crippen molar-refractivity contribution in [3.63, 3.8) is 0 Å². The van der Waals surface area contributed by atoms with Crippen molar-refractivity contribution in [2.24, 2.45) is 0 Å². The second kappa shape index (κ2) is 9.71. The molecule has 1 saturated heterocycles. The Morgan fingerprint density at radius 1 is 1.36 bits per heavy atom. The summed E-state index contributed by atoms with van der Waals surface area (Å²) in [5.41, 5.74) is 1.07. The predicted molar refractivity (Wildman–Crippen MR) is 94.1 cm³/mol. The molecule has 0 aliphatic carbocycles. The molecule has 5 nitrogen and oxygen atoms in total. The molecule has 3 N–H and O–H groups in total. The number of hydrogen-bond acceptors (Lipinski definition) is 4. The fourth-order valence-corrected chi connectivity index (χ4v) is 3.17. The van der Waals surface area contributed by atoms with Gasteiger partial charge in [0.15, 0.2) is 0 Å². The van der Waals surface area contributed by atoms with Gasteiger partial charge in [0, 0.05) is 37.1 Å². The summed E-state index contributed by atoms with van der Waals surface area (Å²) in [4.78, 5) is 24.1. The SMILES string of the molecule is CCNC(=O)c1ccccc1NC(=O)CC1CSCCN1.Cl. The summed E-state index contributed by atoms with van der Waals surface area (Å²) < 4.78 is 0. The van der Waals surface area contributed by atoms with Crippen LogP contribution in [0.4, 0.5) is 5.69 Å². The van der Waals surface area contributed by atoms with E-state index in [4.69, 9.17) is 0 Å². The van der Waals surface area contributed by atoms with Crippen LogP contribution in [0.3, 0.4) is 0 Å². The first kappa shape index (κ1) is 18.8. The fraction of sp³-hybridized carbons (Fsp3) is 0.467. The van der Waals surface area contributed by atoms with E-state index < -0.39 is 0 Å². The lowest BCUT2D eigenvalue weighted by molar-refractivity contribution is -0.116. The Hall–Kier alpha value is -1.24. The van der Waals surface area contributed by atoms with Crippen LogP contribution in [0.5, 0.6) is 0 Å². The average molecular weight is 344 g/mol. The lowest BCUT2D eigenvalue weighted by Crippen LogP contribution is -2.40. The van der Waals surface area contributed by atoms with E-state index in [1.807, 2.05) is 24.8 Å². The normalized spacial score (nSPS) is 17.2. The number of para-hydroxylation sites is 1. The Morgan fingerprint density at radius 3 is 2.82 bits per heavy atom. The van der Waals surface area contributed by atoms with Gasteiger partial charge in [-0.05, 0) is 19.1 Å². The van der Waals surface area contributed by atoms with E-state index >= 15 is 0 Å². The largest absolute Gasteiger partial charge is 0.352 e. The topological polar surface area (TPSA) is 70.2 Å². The molecule has 1 aliphatic heterocycles. The predicted octanol–water partition coefficient (Wildman–Crippen LogP) is 1.89. The van der Waals surface area contributed by atoms with Crippen molar-refractivity contribution in [2.45, 2.75) is 19.4 Å². The van der Waals surface area contributed by atoms with Crippen molar-refractivity contribution < 1.29 is 9.59 Å². The van der Waals surface area contributed by atoms with Gasteiger partial charge < -0.3 is 16.0 Å². The number of thioether (sulfide) groups is 1. The summed E-state index contributed by atoms with van der Waals surface area (Å²) in [5.74, 6) is 1.82. The van der Waals surface area contributed by atoms with Gasteiger partial charge >= 0.3 is 0 Å². The van der Waals surface area contributed by atoms with Gasteiger partial charge in [0.25, 0.3) is 5.91 Å². The molecule has 0 saturated carbocycles. The highest BCUT2D eigenvalue weighted by molar-refractivity contribution is 7.99. The number of benzene rings is 1. The summed E-state index contributed by atoms with van der Waals surface area (Å²) in [6.07, 6.45) is 0.427. The highest BCUT2D eigenvalue weighted by Gasteiger charge is 2.18. The number of anilines is 1. The zero-order chi connectivity index (χ0) is 15.1. The molecule has 7 heteroatoms. The maximum Gasteiger partial charge on any atom is 0.253 e. The van der Waals surface area contributed by atoms with Gasteiger partial charge in [-0.3, -0.25) is 9.59 Å². The lowest BCUT2D eigenvalue weighted by Gasteiger charge is -2.22. The molecule has 1 heterocycles. The Labute approximate surface area is 141 Å². The zero-order valence-electron chi connectivity index (χ0n) is 12.6. The van der Waals surface area contributed by atoms with E-state index in [1.165, 1.54) is 0 Å². The van der Waals surface area contributed by atoms with Crippen molar-refractivity contribution in [3.8, 4) is 0 Å². The quantitative estimate of drug-likeness (QED) is 0.763. The standard InChI is InChI=1S/C15H21N3O2S.ClH/c1-2-16-15(20)12-5-3-4-6-13(12)18-14(19)9-11-10-21-8-7-17-11;/h3-6,11,17H,2,7-10H2,1H3,(H,16,20)(H,18,19);1H. The van der Waals surface area contributed by atoms with E-state index in [9.17, 15) is 9.59 Å². The molecule has 1 aromatic rings. The van der Waals surface area contributed by atoms with Gasteiger partial charge in [0.1, 0.15) is 0 Å². The van der Waals surface area contributed by atoms with E-state index in [1.54, 1.807) is 18.2 Å². The molecule has 1 fully saturated rings. The van der Waals surface area contributed by atoms with Crippen LogP contribution < -0.4 is 16.0 Å². The van der Waals surface area contributed by atoms with E-state index in [2.05, 4.69) is 16.0 Å². The summed E-state index contributed by atoms with van der Waals surface area (Å²) in [6.45, 7) is 3.37.